The molecule has 0 bridgehead atoms. The first-order valence-corrected chi connectivity index (χ1v) is 10.3. The Bertz CT molecular complexity index is 516. The van der Waals surface area contributed by atoms with Gasteiger partial charge in [-0.15, -0.1) is 0 Å². The Hall–Kier alpha value is -0.370. The second kappa shape index (κ2) is 5.83. The average Bonchev–Trinajstić information content (AvgIpc) is 2.91. The van der Waals surface area contributed by atoms with Gasteiger partial charge in [0.1, 0.15) is 6.67 Å². The number of halogens is 1. The van der Waals surface area contributed by atoms with E-state index in [1.807, 2.05) is 0 Å². The Balaban J connectivity index is 1.54. The lowest BCUT2D eigenvalue weighted by Gasteiger charge is -2.57. The predicted octanol–water partition coefficient (Wildman–Crippen LogP) is 5.53. The van der Waals surface area contributed by atoms with Gasteiger partial charge in [0.2, 0.25) is 0 Å². The van der Waals surface area contributed by atoms with Crippen LogP contribution in [0.15, 0.2) is 12.2 Å². The molecule has 1 N–H and O–H groups in total. The Labute approximate surface area is 147 Å². The van der Waals surface area contributed by atoms with Crippen LogP contribution < -0.4 is 0 Å². The normalized spacial score (nSPS) is 53.8. The molecule has 0 amide bonds. The third-order valence-corrected chi connectivity index (χ3v) is 8.95. The molecule has 2 heteroatoms. The van der Waals surface area contributed by atoms with Crippen LogP contribution in [0.1, 0.15) is 71.6 Å². The van der Waals surface area contributed by atoms with Gasteiger partial charge in [0.25, 0.3) is 0 Å². The fourth-order valence-electron chi connectivity index (χ4n) is 7.89. The fourth-order valence-corrected chi connectivity index (χ4v) is 7.89. The van der Waals surface area contributed by atoms with Crippen LogP contribution in [-0.2, 0) is 0 Å². The molecule has 4 saturated carbocycles. The third kappa shape index (κ3) is 2.42. The minimum Gasteiger partial charge on any atom is -0.387 e. The summed E-state index contributed by atoms with van der Waals surface area (Å²) in [4.78, 5) is 0. The summed E-state index contributed by atoms with van der Waals surface area (Å²) in [5.41, 5.74) is 0.877. The van der Waals surface area contributed by atoms with E-state index in [2.05, 4.69) is 20.4 Å². The number of aliphatic hydroxyl groups is 1. The zero-order valence-corrected chi connectivity index (χ0v) is 15.6. The van der Waals surface area contributed by atoms with Gasteiger partial charge in [-0.1, -0.05) is 19.1 Å². The highest BCUT2D eigenvalue weighted by Crippen LogP contribution is 2.65. The van der Waals surface area contributed by atoms with Gasteiger partial charge in [-0.2, -0.15) is 0 Å². The largest absolute Gasteiger partial charge is 0.387 e. The van der Waals surface area contributed by atoms with Crippen molar-refractivity contribution in [3.8, 4) is 0 Å². The van der Waals surface area contributed by atoms with Gasteiger partial charge in [-0.25, -0.2) is 4.39 Å². The van der Waals surface area contributed by atoms with E-state index in [9.17, 15) is 9.50 Å². The van der Waals surface area contributed by atoms with E-state index in [0.717, 1.165) is 36.0 Å². The first-order valence-electron chi connectivity index (χ1n) is 10.3. The van der Waals surface area contributed by atoms with Crippen molar-refractivity contribution in [2.75, 3.05) is 6.67 Å². The van der Waals surface area contributed by atoms with Crippen molar-refractivity contribution in [3.63, 3.8) is 0 Å². The maximum Gasteiger partial charge on any atom is 0.118 e. The molecule has 0 saturated heterocycles. The monoisotopic (exact) mass is 334 g/mol. The molecule has 0 unspecified atom stereocenters. The van der Waals surface area contributed by atoms with Crippen molar-refractivity contribution in [1.29, 1.82) is 0 Å². The van der Waals surface area contributed by atoms with Gasteiger partial charge < -0.3 is 5.11 Å². The van der Waals surface area contributed by atoms with Gasteiger partial charge in [0.05, 0.1) is 5.60 Å². The van der Waals surface area contributed by atoms with Gasteiger partial charge >= 0.3 is 0 Å². The lowest BCUT2D eigenvalue weighted by Crippen LogP contribution is -2.51. The Morgan fingerprint density at radius 2 is 1.79 bits per heavy atom. The maximum absolute atomic E-state index is 13.2. The molecule has 0 aromatic heterocycles. The number of hydrogen-bond acceptors (Lipinski definition) is 1. The number of rotatable bonds is 2. The van der Waals surface area contributed by atoms with Crippen LogP contribution in [0.4, 0.5) is 4.39 Å². The van der Waals surface area contributed by atoms with Crippen molar-refractivity contribution >= 4 is 0 Å². The highest BCUT2D eigenvalue weighted by molar-refractivity contribution is 5.14. The Kier molecular flexibility index (Phi) is 4.14. The van der Waals surface area contributed by atoms with E-state index >= 15 is 0 Å². The minimum absolute atomic E-state index is 0.480. The molecule has 136 valence electrons. The van der Waals surface area contributed by atoms with E-state index < -0.39 is 12.3 Å². The minimum atomic E-state index is -1.00. The van der Waals surface area contributed by atoms with Gasteiger partial charge in [0, 0.05) is 0 Å². The van der Waals surface area contributed by atoms with Crippen LogP contribution in [0.25, 0.3) is 0 Å². The lowest BCUT2D eigenvalue weighted by molar-refractivity contribution is -0.110. The molecule has 24 heavy (non-hydrogen) atoms. The van der Waals surface area contributed by atoms with Crippen LogP contribution in [0, 0.1) is 40.9 Å². The van der Waals surface area contributed by atoms with E-state index in [0.29, 0.717) is 24.2 Å². The number of fused-ring (bicyclic) bond motifs is 5. The van der Waals surface area contributed by atoms with Gasteiger partial charge in [0.15, 0.2) is 0 Å². The van der Waals surface area contributed by atoms with Crippen LogP contribution in [0.2, 0.25) is 0 Å². The molecule has 8 atom stereocenters. The Morgan fingerprint density at radius 3 is 2.50 bits per heavy atom. The summed E-state index contributed by atoms with van der Waals surface area (Å²) in [6, 6.07) is 0. The van der Waals surface area contributed by atoms with E-state index in [1.54, 1.807) is 0 Å². The fraction of sp³-hybridized carbons (Fsp3) is 0.909. The molecule has 4 rings (SSSR count). The molecular weight excluding hydrogens is 299 g/mol. The highest BCUT2D eigenvalue weighted by Gasteiger charge is 2.57. The number of hydrogen-bond donors (Lipinski definition) is 1. The van der Waals surface area contributed by atoms with E-state index in [4.69, 9.17) is 0 Å². The molecule has 1 nitrogen and oxygen atoms in total. The molecule has 4 fully saturated rings. The van der Waals surface area contributed by atoms with Crippen molar-refractivity contribution < 1.29 is 9.50 Å². The van der Waals surface area contributed by atoms with E-state index in [1.165, 1.54) is 44.1 Å². The maximum atomic E-state index is 13.2. The van der Waals surface area contributed by atoms with Crippen molar-refractivity contribution in [3.05, 3.63) is 12.2 Å². The quantitative estimate of drug-likeness (QED) is 0.658. The Morgan fingerprint density at radius 1 is 1.04 bits per heavy atom. The summed E-state index contributed by atoms with van der Waals surface area (Å²) in [6.45, 7) is 8.54. The van der Waals surface area contributed by atoms with Crippen LogP contribution in [-0.4, -0.2) is 17.4 Å². The van der Waals surface area contributed by atoms with Crippen LogP contribution in [0.3, 0.4) is 0 Å². The molecular formula is C22H35FO. The zero-order valence-electron chi connectivity index (χ0n) is 15.6. The summed E-state index contributed by atoms with van der Waals surface area (Å²) >= 11 is 0. The summed E-state index contributed by atoms with van der Waals surface area (Å²) in [5.74, 6) is 4.65. The molecule has 0 spiro atoms. The topological polar surface area (TPSA) is 20.2 Å². The van der Waals surface area contributed by atoms with E-state index in [-0.39, 0.29) is 0 Å². The molecule has 4 aliphatic carbocycles. The van der Waals surface area contributed by atoms with Crippen LogP contribution >= 0.6 is 0 Å². The summed E-state index contributed by atoms with van der Waals surface area (Å²) in [7, 11) is 0. The molecule has 0 heterocycles. The summed E-state index contributed by atoms with van der Waals surface area (Å²) in [5, 5.41) is 10.4. The smallest absolute Gasteiger partial charge is 0.118 e. The summed E-state index contributed by atoms with van der Waals surface area (Å²) in [6.07, 6.45) is 10.4. The number of allylic oxidation sites excluding steroid dienone is 1. The second-order valence-electron chi connectivity index (χ2n) is 10.1. The second-order valence-corrected chi connectivity index (χ2v) is 10.1. The number of alkyl halides is 1. The summed E-state index contributed by atoms with van der Waals surface area (Å²) < 4.78 is 13.2. The average molecular weight is 335 g/mol. The van der Waals surface area contributed by atoms with Crippen molar-refractivity contribution in [2.24, 2.45) is 40.9 Å². The third-order valence-electron chi connectivity index (χ3n) is 8.95. The molecule has 4 aliphatic rings. The standard InChI is InChI=1S/C22H35FO/c1-14(2)19-6-7-20-18-5-4-15-12-22(24,13-23)11-9-16(15)17(18)8-10-21(19,20)3/h15-20,24H,1,4-13H2,2-3H3/t15-,16+,17-,18-,19-,20+,21-,22+/m1/s1. The zero-order chi connectivity index (χ0) is 17.1. The predicted molar refractivity (Wildman–Crippen MR) is 96.3 cm³/mol. The van der Waals surface area contributed by atoms with Crippen LogP contribution in [0.5, 0.6) is 0 Å². The SMILES string of the molecule is C=C(C)[C@H]1CC[C@H]2[C@@H]3CC[C@@H]4C[C@](O)(CF)CC[C@@H]4[C@H]3CC[C@]12C. The molecule has 0 aliphatic heterocycles. The van der Waals surface area contributed by atoms with Gasteiger partial charge in [-0.3, -0.25) is 0 Å². The van der Waals surface area contributed by atoms with Gasteiger partial charge in [-0.05, 0) is 106 Å². The first-order chi connectivity index (χ1) is 11.4. The molecule has 0 aromatic carbocycles. The van der Waals surface area contributed by atoms with Crippen molar-refractivity contribution in [2.45, 2.75) is 77.2 Å². The van der Waals surface area contributed by atoms with Crippen molar-refractivity contribution in [1.82, 2.24) is 0 Å². The molecule has 0 aromatic rings. The lowest BCUT2D eigenvalue weighted by atomic mass is 9.49. The highest BCUT2D eigenvalue weighted by atomic mass is 19.1. The first kappa shape index (κ1) is 17.1. The molecule has 0 radical (unpaired) electrons.